The van der Waals surface area contributed by atoms with E-state index in [2.05, 4.69) is 16.0 Å². The van der Waals surface area contributed by atoms with Crippen molar-refractivity contribution >= 4 is 35.0 Å². The van der Waals surface area contributed by atoms with Crippen molar-refractivity contribution in [3.05, 3.63) is 94.5 Å². The van der Waals surface area contributed by atoms with Crippen molar-refractivity contribution in [3.8, 4) is 0 Å². The summed E-state index contributed by atoms with van der Waals surface area (Å²) < 4.78 is 76.4. The molecular formula is C31H32ClF5N4O4. The molecule has 4 rings (SSSR count). The summed E-state index contributed by atoms with van der Waals surface area (Å²) in [5.41, 5.74) is 1.79. The van der Waals surface area contributed by atoms with Gasteiger partial charge < -0.3 is 30.7 Å². The van der Waals surface area contributed by atoms with Crippen LogP contribution in [0, 0.1) is 11.6 Å². The summed E-state index contributed by atoms with van der Waals surface area (Å²) in [5.74, 6) is -1.35. The number of carbonyl (C=O) groups is 2. The highest BCUT2D eigenvalue weighted by atomic mass is 35.5. The van der Waals surface area contributed by atoms with Crippen LogP contribution >= 0.6 is 11.6 Å². The number of amides is 2. The highest BCUT2D eigenvalue weighted by molar-refractivity contribution is 6.30. The van der Waals surface area contributed by atoms with E-state index >= 15 is 4.39 Å². The predicted octanol–water partition coefficient (Wildman–Crippen LogP) is 5.86. The fourth-order valence-corrected chi connectivity index (χ4v) is 4.80. The van der Waals surface area contributed by atoms with Gasteiger partial charge in [0.1, 0.15) is 30.8 Å². The molecule has 0 spiro atoms. The maximum absolute atomic E-state index is 15.1. The van der Waals surface area contributed by atoms with Crippen LogP contribution in [0.15, 0.2) is 66.7 Å². The molecule has 0 aliphatic carbocycles. The molecule has 1 aliphatic rings. The number of alkyl carbamates (subject to hydrolysis) is 1. The van der Waals surface area contributed by atoms with Crippen molar-refractivity contribution in [1.29, 1.82) is 0 Å². The molecule has 4 N–H and O–H groups in total. The number of hydrogen-bond acceptors (Lipinski definition) is 6. The predicted molar refractivity (Wildman–Crippen MR) is 159 cm³/mol. The first-order chi connectivity index (χ1) is 21.4. The van der Waals surface area contributed by atoms with Gasteiger partial charge >= 0.3 is 12.3 Å². The van der Waals surface area contributed by atoms with Gasteiger partial charge in [0.25, 0.3) is 0 Å². The van der Waals surface area contributed by atoms with Gasteiger partial charge in [-0.2, -0.15) is 13.2 Å². The normalized spacial score (nSPS) is 17.3. The van der Waals surface area contributed by atoms with Gasteiger partial charge in [0.15, 0.2) is 0 Å². The molecule has 242 valence electrons. The van der Waals surface area contributed by atoms with Crippen LogP contribution in [0.1, 0.15) is 17.5 Å². The van der Waals surface area contributed by atoms with E-state index in [1.54, 1.807) is 47.8 Å². The molecule has 1 saturated heterocycles. The molecule has 0 radical (unpaired) electrons. The highest BCUT2D eigenvalue weighted by Gasteiger charge is 2.29. The Morgan fingerprint density at radius 2 is 1.82 bits per heavy atom. The third kappa shape index (κ3) is 11.2. The van der Waals surface area contributed by atoms with E-state index < -0.39 is 48.4 Å². The van der Waals surface area contributed by atoms with E-state index in [0.29, 0.717) is 40.5 Å². The summed E-state index contributed by atoms with van der Waals surface area (Å²) in [4.78, 5) is 24.9. The topological polar surface area (TPSA) is 101 Å². The Morgan fingerprint density at radius 1 is 1.07 bits per heavy atom. The number of carbonyl (C=O) groups excluding carboxylic acids is 2. The summed E-state index contributed by atoms with van der Waals surface area (Å²) in [6, 6.07) is 15.6. The Labute approximate surface area is 261 Å². The van der Waals surface area contributed by atoms with Crippen LogP contribution in [0.5, 0.6) is 0 Å². The maximum Gasteiger partial charge on any atom is 0.407 e. The van der Waals surface area contributed by atoms with Gasteiger partial charge in [-0.3, -0.25) is 4.79 Å². The van der Waals surface area contributed by atoms with Crippen molar-refractivity contribution < 1.29 is 41.0 Å². The fourth-order valence-electron chi connectivity index (χ4n) is 4.67. The summed E-state index contributed by atoms with van der Waals surface area (Å²) in [5, 5.41) is 11.2. The van der Waals surface area contributed by atoms with E-state index in [-0.39, 0.29) is 32.2 Å². The molecule has 0 unspecified atom stereocenters. The summed E-state index contributed by atoms with van der Waals surface area (Å²) >= 11 is 5.95. The maximum atomic E-state index is 15.1. The lowest BCUT2D eigenvalue weighted by Gasteiger charge is -2.30. The number of nitrogens with one attached hydrogen (secondary N) is 4. The van der Waals surface area contributed by atoms with Gasteiger partial charge in [-0.25, -0.2) is 13.6 Å². The molecule has 1 aliphatic heterocycles. The second kappa shape index (κ2) is 15.9. The molecule has 1 fully saturated rings. The van der Waals surface area contributed by atoms with Gasteiger partial charge in [-0.15, -0.1) is 0 Å². The number of hydrogen-bond donors (Lipinski definition) is 4. The van der Waals surface area contributed by atoms with Crippen molar-refractivity contribution in [2.24, 2.45) is 0 Å². The minimum atomic E-state index is -4.54. The molecule has 2 amide bonds. The molecule has 3 aromatic carbocycles. The smallest absolute Gasteiger partial charge is 0.407 e. The Bertz CT molecular complexity index is 1440. The summed E-state index contributed by atoms with van der Waals surface area (Å²) in [6.07, 6.45) is -5.31. The fraction of sp³-hybridized carbons (Fsp3) is 0.355. The Hall–Kier alpha value is -3.94. The molecule has 0 saturated carbocycles. The van der Waals surface area contributed by atoms with Gasteiger partial charge in [0.05, 0.1) is 18.8 Å². The molecule has 14 heteroatoms. The Morgan fingerprint density at radius 3 is 2.51 bits per heavy atom. The first kappa shape index (κ1) is 33.9. The van der Waals surface area contributed by atoms with Gasteiger partial charge in [0.2, 0.25) is 5.91 Å². The molecule has 8 nitrogen and oxygen atoms in total. The summed E-state index contributed by atoms with van der Waals surface area (Å²) in [6.45, 7) is -1.22. The van der Waals surface area contributed by atoms with Gasteiger partial charge in [-0.05, 0) is 66.9 Å². The van der Waals surface area contributed by atoms with Gasteiger partial charge in [-0.1, -0.05) is 29.8 Å². The quantitative estimate of drug-likeness (QED) is 0.183. The standard InChI is InChI=1S/C31H32ClF5N4O4/c32-20-7-9-22(10-8-20)40-29(42)28(14-19-3-1-4-21(33)13-19)41-27-6-2-5-26(34)25(27)12-11-24-15-38-23(16-44-24)17-45-30(43)39-18-31(35,36)37/h1-10,13,23-24,28,38,41H,11-12,14-18H2,(H,39,43)(H,40,42)/t23-,24+,28-/m0/s1. The first-order valence-corrected chi connectivity index (χ1v) is 14.5. The van der Waals surface area contributed by atoms with E-state index in [4.69, 9.17) is 21.1 Å². The second-order valence-corrected chi connectivity index (χ2v) is 10.9. The van der Waals surface area contributed by atoms with Crippen LogP contribution < -0.4 is 21.3 Å². The Kier molecular flexibility index (Phi) is 12.0. The zero-order valence-electron chi connectivity index (χ0n) is 23.9. The number of morpholine rings is 1. The van der Waals surface area contributed by atoms with E-state index in [1.165, 1.54) is 24.3 Å². The average molecular weight is 655 g/mol. The monoisotopic (exact) mass is 654 g/mol. The number of halogens is 6. The molecule has 0 aromatic heterocycles. The number of alkyl halides is 3. The molecule has 1 heterocycles. The number of rotatable bonds is 12. The highest BCUT2D eigenvalue weighted by Crippen LogP contribution is 2.25. The lowest BCUT2D eigenvalue weighted by atomic mass is 10.0. The zero-order valence-corrected chi connectivity index (χ0v) is 24.7. The molecule has 0 bridgehead atoms. The number of benzene rings is 3. The van der Waals surface area contributed by atoms with Crippen LogP contribution in [0.4, 0.5) is 38.1 Å². The average Bonchev–Trinajstić information content (AvgIpc) is 2.99. The summed E-state index contributed by atoms with van der Waals surface area (Å²) in [7, 11) is 0. The minimum Gasteiger partial charge on any atom is -0.448 e. The molecule has 3 atom stereocenters. The van der Waals surface area contributed by atoms with Crippen LogP contribution in [0.25, 0.3) is 0 Å². The van der Waals surface area contributed by atoms with Gasteiger partial charge in [0, 0.05) is 34.9 Å². The SMILES string of the molecule is O=C(NCC(F)(F)F)OC[C@@H]1CO[C@H](CCc2c(F)cccc2N[C@@H](Cc2cccc(F)c2)C(=O)Nc2ccc(Cl)cc2)CN1. The van der Waals surface area contributed by atoms with Crippen LogP contribution in [-0.2, 0) is 27.1 Å². The van der Waals surface area contributed by atoms with E-state index in [1.807, 2.05) is 0 Å². The van der Waals surface area contributed by atoms with Crippen LogP contribution in [0.2, 0.25) is 5.02 Å². The molecule has 45 heavy (non-hydrogen) atoms. The van der Waals surface area contributed by atoms with Crippen molar-refractivity contribution in [2.45, 2.75) is 43.6 Å². The minimum absolute atomic E-state index is 0.112. The number of anilines is 2. The first-order valence-electron chi connectivity index (χ1n) is 14.1. The lowest BCUT2D eigenvalue weighted by molar-refractivity contribution is -0.124. The van der Waals surface area contributed by atoms with E-state index in [9.17, 15) is 27.2 Å². The van der Waals surface area contributed by atoms with Crippen LogP contribution in [0.3, 0.4) is 0 Å². The second-order valence-electron chi connectivity index (χ2n) is 10.5. The third-order valence-electron chi connectivity index (χ3n) is 6.94. The number of ether oxygens (including phenoxy) is 2. The zero-order chi connectivity index (χ0) is 32.4. The van der Waals surface area contributed by atoms with Crippen molar-refractivity contribution in [1.82, 2.24) is 10.6 Å². The van der Waals surface area contributed by atoms with Crippen molar-refractivity contribution in [3.63, 3.8) is 0 Å². The van der Waals surface area contributed by atoms with Crippen LogP contribution in [-0.4, -0.2) is 62.7 Å². The van der Waals surface area contributed by atoms with Crippen molar-refractivity contribution in [2.75, 3.05) is 36.9 Å². The lowest BCUT2D eigenvalue weighted by Crippen LogP contribution is -2.49. The molecule has 3 aromatic rings. The Balaban J connectivity index is 1.36. The molecular weight excluding hydrogens is 623 g/mol. The van der Waals surface area contributed by atoms with E-state index in [0.717, 1.165) is 0 Å². The third-order valence-corrected chi connectivity index (χ3v) is 7.19. The largest absolute Gasteiger partial charge is 0.448 e.